The number of sulfonamides is 1. The van der Waals surface area contributed by atoms with Crippen LogP contribution in [0.1, 0.15) is 24.1 Å². The number of rotatable bonds is 9. The van der Waals surface area contributed by atoms with Gasteiger partial charge in [0.2, 0.25) is 15.3 Å². The van der Waals surface area contributed by atoms with Crippen molar-refractivity contribution < 1.29 is 17.9 Å². The molecule has 10 nitrogen and oxygen atoms in total. The minimum Gasteiger partial charge on any atom is -0.450 e. The zero-order chi connectivity index (χ0) is 22.4. The minimum atomic E-state index is -3.32. The van der Waals surface area contributed by atoms with Gasteiger partial charge in [0.25, 0.3) is 0 Å². The molecule has 0 bridgehead atoms. The second kappa shape index (κ2) is 9.92. The number of carbonyl (C=O) groups excluding carboxylic acids is 1. The van der Waals surface area contributed by atoms with Crippen LogP contribution in [0.2, 0.25) is 5.28 Å². The maximum absolute atomic E-state index is 11.8. The van der Waals surface area contributed by atoms with E-state index in [1.807, 2.05) is 11.5 Å². The monoisotopic (exact) mass is 466 g/mol. The van der Waals surface area contributed by atoms with Gasteiger partial charge in [-0.25, -0.2) is 23.2 Å². The molecule has 12 heteroatoms. The van der Waals surface area contributed by atoms with Crippen molar-refractivity contribution in [1.82, 2.24) is 24.8 Å². The molecule has 0 unspecified atom stereocenters. The number of alkyl carbamates (subject to hydrolysis) is 1. The third kappa shape index (κ3) is 6.79. The number of anilines is 1. The molecule has 0 atom stereocenters. The Kier molecular flexibility index (Phi) is 7.29. The lowest BCUT2D eigenvalue weighted by Gasteiger charge is -2.09. The van der Waals surface area contributed by atoms with E-state index in [0.717, 1.165) is 29.5 Å². The van der Waals surface area contributed by atoms with Crippen molar-refractivity contribution in [1.29, 1.82) is 0 Å². The molecule has 31 heavy (non-hydrogen) atoms. The molecule has 3 aromatic rings. The molecule has 2 N–H and O–H groups in total. The van der Waals surface area contributed by atoms with Gasteiger partial charge >= 0.3 is 6.09 Å². The molecular weight excluding hydrogens is 444 g/mol. The summed E-state index contributed by atoms with van der Waals surface area (Å²) in [6, 6.07) is 6.70. The van der Waals surface area contributed by atoms with E-state index in [0.29, 0.717) is 24.3 Å². The first-order valence-electron chi connectivity index (χ1n) is 9.53. The highest BCUT2D eigenvalue weighted by Gasteiger charge is 2.10. The van der Waals surface area contributed by atoms with Crippen LogP contribution in [0.5, 0.6) is 0 Å². The van der Waals surface area contributed by atoms with E-state index in [1.54, 1.807) is 30.6 Å². The Labute approximate surface area is 185 Å². The molecule has 0 aliphatic carbocycles. The maximum atomic E-state index is 11.8. The number of nitrogens with one attached hydrogen (secondary N) is 2. The summed E-state index contributed by atoms with van der Waals surface area (Å²) in [5.41, 5.74) is 3.42. The highest BCUT2D eigenvalue weighted by atomic mass is 35.5. The first-order chi connectivity index (χ1) is 14.7. The van der Waals surface area contributed by atoms with Gasteiger partial charge in [-0.3, -0.25) is 4.72 Å². The Balaban J connectivity index is 1.36. The van der Waals surface area contributed by atoms with E-state index in [4.69, 9.17) is 16.3 Å². The summed E-state index contributed by atoms with van der Waals surface area (Å²) in [5, 5.41) is 2.85. The molecule has 0 radical (unpaired) electrons. The van der Waals surface area contributed by atoms with E-state index >= 15 is 0 Å². The van der Waals surface area contributed by atoms with Crippen molar-refractivity contribution in [2.75, 3.05) is 17.6 Å². The van der Waals surface area contributed by atoms with E-state index in [9.17, 15) is 13.2 Å². The summed E-state index contributed by atoms with van der Waals surface area (Å²) in [6.07, 6.45) is 3.72. The van der Waals surface area contributed by atoms with E-state index in [2.05, 4.69) is 25.0 Å². The predicted molar refractivity (Wildman–Crippen MR) is 117 cm³/mol. The first kappa shape index (κ1) is 22.8. The fourth-order valence-corrected chi connectivity index (χ4v) is 3.67. The molecule has 0 fully saturated rings. The van der Waals surface area contributed by atoms with Gasteiger partial charge in [0, 0.05) is 18.8 Å². The summed E-state index contributed by atoms with van der Waals surface area (Å²) in [7, 11) is -3.32. The Morgan fingerprint density at radius 2 is 1.94 bits per heavy atom. The van der Waals surface area contributed by atoms with E-state index < -0.39 is 16.1 Å². The number of unbranched alkanes of at least 4 members (excludes halogenated alkanes) is 1. The number of nitrogens with zero attached hydrogens (tertiary/aromatic N) is 4. The Bertz CT molecular complexity index is 1160. The molecule has 0 aliphatic rings. The minimum absolute atomic E-state index is 0.188. The quantitative estimate of drug-likeness (QED) is 0.366. The standard InChI is InChI=1S/C19H23ClN6O4S/c1-13-16-17(24-18(20)23-13)26(12-22-16)9-3-4-10-30-19(27)21-11-14-5-7-15(8-6-14)25-31(2,28)29/h5-8,12,25H,3-4,9-11H2,1-2H3,(H,21,27). The average Bonchev–Trinajstić information content (AvgIpc) is 3.09. The fraction of sp³-hybridized carbons (Fsp3) is 0.368. The molecule has 0 saturated carbocycles. The number of benzene rings is 1. The second-order valence-electron chi connectivity index (χ2n) is 6.96. The van der Waals surface area contributed by atoms with Crippen LogP contribution in [0, 0.1) is 6.92 Å². The van der Waals surface area contributed by atoms with Crippen LogP contribution in [0.4, 0.5) is 10.5 Å². The fourth-order valence-electron chi connectivity index (χ4n) is 2.89. The van der Waals surface area contributed by atoms with Crippen LogP contribution in [0.3, 0.4) is 0 Å². The van der Waals surface area contributed by atoms with Gasteiger partial charge in [0.05, 0.1) is 24.9 Å². The Morgan fingerprint density at radius 1 is 1.19 bits per heavy atom. The smallest absolute Gasteiger partial charge is 0.407 e. The zero-order valence-corrected chi connectivity index (χ0v) is 18.7. The van der Waals surface area contributed by atoms with Gasteiger partial charge in [-0.15, -0.1) is 0 Å². The van der Waals surface area contributed by atoms with Crippen molar-refractivity contribution in [2.24, 2.45) is 0 Å². The average molecular weight is 467 g/mol. The number of aromatic nitrogens is 4. The molecule has 0 spiro atoms. The lowest BCUT2D eigenvalue weighted by Crippen LogP contribution is -2.24. The number of carbonyl (C=O) groups is 1. The molecule has 3 rings (SSSR count). The van der Waals surface area contributed by atoms with Crippen LogP contribution < -0.4 is 10.0 Å². The van der Waals surface area contributed by atoms with Crippen LogP contribution in [-0.4, -0.2) is 46.9 Å². The van der Waals surface area contributed by atoms with Gasteiger partial charge in [0.1, 0.15) is 5.52 Å². The number of aryl methyl sites for hydroxylation is 2. The van der Waals surface area contributed by atoms with Crippen LogP contribution in [0.15, 0.2) is 30.6 Å². The van der Waals surface area contributed by atoms with Crippen molar-refractivity contribution in [3.8, 4) is 0 Å². The molecule has 166 valence electrons. The largest absolute Gasteiger partial charge is 0.450 e. The van der Waals surface area contributed by atoms with Crippen LogP contribution >= 0.6 is 11.6 Å². The first-order valence-corrected chi connectivity index (χ1v) is 11.8. The molecule has 0 saturated heterocycles. The van der Waals surface area contributed by atoms with Gasteiger partial charge < -0.3 is 14.6 Å². The number of amides is 1. The zero-order valence-electron chi connectivity index (χ0n) is 17.1. The molecule has 0 aliphatic heterocycles. The van der Waals surface area contributed by atoms with Gasteiger partial charge in [-0.05, 0) is 49.1 Å². The van der Waals surface area contributed by atoms with Crippen molar-refractivity contribution in [2.45, 2.75) is 32.9 Å². The third-order valence-electron chi connectivity index (χ3n) is 4.33. The maximum Gasteiger partial charge on any atom is 0.407 e. The Hall–Kier alpha value is -2.92. The lowest BCUT2D eigenvalue weighted by atomic mass is 10.2. The number of hydrogen-bond donors (Lipinski definition) is 2. The highest BCUT2D eigenvalue weighted by molar-refractivity contribution is 7.92. The molecule has 2 heterocycles. The summed E-state index contributed by atoms with van der Waals surface area (Å²) >= 11 is 5.92. The molecular formula is C19H23ClN6O4S. The lowest BCUT2D eigenvalue weighted by molar-refractivity contribution is 0.143. The predicted octanol–water partition coefficient (Wildman–Crippen LogP) is 2.87. The molecule has 2 aromatic heterocycles. The number of ether oxygens (including phenoxy) is 1. The molecule has 1 amide bonds. The van der Waals surface area contributed by atoms with E-state index in [-0.39, 0.29) is 18.4 Å². The summed E-state index contributed by atoms with van der Waals surface area (Å²) in [4.78, 5) is 24.5. The van der Waals surface area contributed by atoms with Gasteiger partial charge in [-0.2, -0.15) is 4.98 Å². The second-order valence-corrected chi connectivity index (χ2v) is 9.04. The Morgan fingerprint density at radius 3 is 2.65 bits per heavy atom. The van der Waals surface area contributed by atoms with Crippen molar-refractivity contribution in [3.05, 3.63) is 47.1 Å². The van der Waals surface area contributed by atoms with Crippen LogP contribution in [0.25, 0.3) is 11.2 Å². The number of fused-ring (bicyclic) bond motifs is 1. The normalized spacial score (nSPS) is 11.5. The summed E-state index contributed by atoms with van der Waals surface area (Å²) in [6.45, 7) is 3.06. The van der Waals surface area contributed by atoms with Crippen LogP contribution in [-0.2, 0) is 27.8 Å². The number of halogens is 1. The van der Waals surface area contributed by atoms with Gasteiger partial charge in [-0.1, -0.05) is 12.1 Å². The highest BCUT2D eigenvalue weighted by Crippen LogP contribution is 2.16. The summed E-state index contributed by atoms with van der Waals surface area (Å²) < 4.78 is 31.9. The topological polar surface area (TPSA) is 128 Å². The summed E-state index contributed by atoms with van der Waals surface area (Å²) in [5.74, 6) is 0. The number of imidazole rings is 1. The van der Waals surface area contributed by atoms with Gasteiger partial charge in [0.15, 0.2) is 5.65 Å². The SMILES string of the molecule is Cc1nc(Cl)nc2c1ncn2CCCCOC(=O)NCc1ccc(NS(C)(=O)=O)cc1. The van der Waals surface area contributed by atoms with E-state index in [1.165, 1.54) is 0 Å². The van der Waals surface area contributed by atoms with Crippen molar-refractivity contribution >= 4 is 44.6 Å². The third-order valence-corrected chi connectivity index (χ3v) is 5.11. The van der Waals surface area contributed by atoms with Crippen molar-refractivity contribution in [3.63, 3.8) is 0 Å². The molecule has 1 aromatic carbocycles. The number of hydrogen-bond acceptors (Lipinski definition) is 7.